The molecule has 27 heavy (non-hydrogen) atoms. The second-order valence-corrected chi connectivity index (χ2v) is 6.45. The third kappa shape index (κ3) is 5.76. The summed E-state index contributed by atoms with van der Waals surface area (Å²) >= 11 is 6.06. The van der Waals surface area contributed by atoms with Crippen LogP contribution in [0.3, 0.4) is 0 Å². The van der Waals surface area contributed by atoms with E-state index in [1.54, 1.807) is 24.3 Å². The molecule has 0 atom stereocenters. The van der Waals surface area contributed by atoms with Crippen molar-refractivity contribution in [3.05, 3.63) is 88.9 Å². The highest BCUT2D eigenvalue weighted by Gasteiger charge is 2.06. The summed E-state index contributed by atoms with van der Waals surface area (Å²) in [5.74, 6) is 1.09. The normalized spacial score (nSPS) is 10.3. The fourth-order valence-corrected chi connectivity index (χ4v) is 2.57. The predicted octanol–water partition coefficient (Wildman–Crippen LogP) is 5.24. The highest BCUT2D eigenvalue weighted by Crippen LogP contribution is 2.21. The van der Waals surface area contributed by atoms with Gasteiger partial charge in [0.25, 0.3) is 5.91 Å². The molecule has 0 bridgehead atoms. The van der Waals surface area contributed by atoms with Crippen LogP contribution in [0.15, 0.2) is 72.8 Å². The molecule has 3 rings (SSSR count). The monoisotopic (exact) mass is 381 g/mol. The number of amides is 1. The van der Waals surface area contributed by atoms with E-state index in [1.807, 2.05) is 55.5 Å². The highest BCUT2D eigenvalue weighted by atomic mass is 35.5. The number of anilines is 1. The van der Waals surface area contributed by atoms with Gasteiger partial charge >= 0.3 is 0 Å². The molecule has 3 aromatic carbocycles. The summed E-state index contributed by atoms with van der Waals surface area (Å²) in [4.78, 5) is 12.0. The molecule has 0 aromatic heterocycles. The second kappa shape index (κ2) is 9.10. The Kier molecular flexibility index (Phi) is 6.34. The second-order valence-electron chi connectivity index (χ2n) is 6.05. The summed E-state index contributed by atoms with van der Waals surface area (Å²) in [5, 5.41) is 3.37. The van der Waals surface area contributed by atoms with Gasteiger partial charge in [0.05, 0.1) is 0 Å². The Morgan fingerprint density at radius 1 is 0.926 bits per heavy atom. The van der Waals surface area contributed by atoms with Crippen molar-refractivity contribution in [3.63, 3.8) is 0 Å². The van der Waals surface area contributed by atoms with Crippen molar-refractivity contribution in [2.45, 2.75) is 13.5 Å². The fourth-order valence-electron chi connectivity index (χ4n) is 2.39. The van der Waals surface area contributed by atoms with Crippen LogP contribution in [-0.2, 0) is 11.4 Å². The van der Waals surface area contributed by atoms with Crippen molar-refractivity contribution in [2.75, 3.05) is 11.9 Å². The number of carbonyl (C=O) groups is 1. The lowest BCUT2D eigenvalue weighted by Crippen LogP contribution is -2.20. The zero-order chi connectivity index (χ0) is 19.1. The molecule has 4 nitrogen and oxygen atoms in total. The number of aryl methyl sites for hydroxylation is 1. The van der Waals surface area contributed by atoms with Crippen molar-refractivity contribution >= 4 is 23.2 Å². The number of benzene rings is 3. The zero-order valence-corrected chi connectivity index (χ0v) is 15.7. The minimum Gasteiger partial charge on any atom is -0.489 e. The average molecular weight is 382 g/mol. The van der Waals surface area contributed by atoms with Crippen molar-refractivity contribution < 1.29 is 14.3 Å². The van der Waals surface area contributed by atoms with E-state index in [9.17, 15) is 4.79 Å². The minimum absolute atomic E-state index is 0.0876. The van der Waals surface area contributed by atoms with Gasteiger partial charge in [0.2, 0.25) is 0 Å². The maximum Gasteiger partial charge on any atom is 0.262 e. The minimum atomic E-state index is -0.251. The first-order valence-corrected chi connectivity index (χ1v) is 8.93. The number of hydrogen-bond acceptors (Lipinski definition) is 3. The predicted molar refractivity (Wildman–Crippen MR) is 108 cm³/mol. The summed E-state index contributed by atoms with van der Waals surface area (Å²) in [7, 11) is 0. The lowest BCUT2D eigenvalue weighted by molar-refractivity contribution is -0.118. The Morgan fingerprint density at radius 2 is 1.59 bits per heavy atom. The Balaban J connectivity index is 1.46. The molecule has 0 spiro atoms. The van der Waals surface area contributed by atoms with E-state index < -0.39 is 0 Å². The van der Waals surface area contributed by atoms with Crippen molar-refractivity contribution in [1.29, 1.82) is 0 Å². The molecule has 0 aliphatic heterocycles. The van der Waals surface area contributed by atoms with Gasteiger partial charge in [-0.25, -0.2) is 0 Å². The molecular weight excluding hydrogens is 362 g/mol. The first kappa shape index (κ1) is 18.8. The Morgan fingerprint density at radius 3 is 2.26 bits per heavy atom. The summed E-state index contributed by atoms with van der Waals surface area (Å²) in [5.41, 5.74) is 2.70. The number of rotatable bonds is 7. The van der Waals surface area contributed by atoms with Gasteiger partial charge in [-0.1, -0.05) is 48.0 Å². The molecule has 0 fully saturated rings. The van der Waals surface area contributed by atoms with Gasteiger partial charge in [0.15, 0.2) is 6.61 Å². The van der Waals surface area contributed by atoms with E-state index in [2.05, 4.69) is 5.32 Å². The molecule has 138 valence electrons. The molecule has 0 aliphatic carbocycles. The van der Waals surface area contributed by atoms with E-state index in [4.69, 9.17) is 21.1 Å². The van der Waals surface area contributed by atoms with Crippen LogP contribution >= 0.6 is 11.6 Å². The molecule has 1 N–H and O–H groups in total. The van der Waals surface area contributed by atoms with Gasteiger partial charge in [0.1, 0.15) is 18.1 Å². The Bertz CT molecular complexity index is 895. The number of ether oxygens (including phenoxy) is 2. The molecular formula is C22H20ClNO3. The number of halogens is 1. The van der Waals surface area contributed by atoms with E-state index in [-0.39, 0.29) is 12.5 Å². The highest BCUT2D eigenvalue weighted by molar-refractivity contribution is 6.31. The number of carbonyl (C=O) groups excluding carboxylic acids is 1. The van der Waals surface area contributed by atoms with Crippen molar-refractivity contribution in [2.24, 2.45) is 0 Å². The smallest absolute Gasteiger partial charge is 0.262 e. The fraction of sp³-hybridized carbons (Fsp3) is 0.136. The van der Waals surface area contributed by atoms with Crippen LogP contribution < -0.4 is 14.8 Å². The van der Waals surface area contributed by atoms with Crippen molar-refractivity contribution in [1.82, 2.24) is 0 Å². The van der Waals surface area contributed by atoms with Gasteiger partial charge < -0.3 is 14.8 Å². The first-order chi connectivity index (χ1) is 13.1. The van der Waals surface area contributed by atoms with Gasteiger partial charge in [-0.2, -0.15) is 0 Å². The topological polar surface area (TPSA) is 47.6 Å². The Labute approximate surface area is 163 Å². The third-order valence-corrected chi connectivity index (χ3v) is 4.30. The van der Waals surface area contributed by atoms with Crippen LogP contribution in [0.25, 0.3) is 0 Å². The van der Waals surface area contributed by atoms with Crippen LogP contribution in [0, 0.1) is 6.92 Å². The largest absolute Gasteiger partial charge is 0.489 e. The maximum absolute atomic E-state index is 12.0. The molecule has 0 heterocycles. The van der Waals surface area contributed by atoms with Crippen LogP contribution in [0.2, 0.25) is 5.02 Å². The quantitative estimate of drug-likeness (QED) is 0.608. The molecule has 0 unspecified atom stereocenters. The Hall–Kier alpha value is -2.98. The van der Waals surface area contributed by atoms with E-state index >= 15 is 0 Å². The van der Waals surface area contributed by atoms with Gasteiger partial charge in [-0.05, 0) is 54.4 Å². The first-order valence-electron chi connectivity index (χ1n) is 8.56. The lowest BCUT2D eigenvalue weighted by Gasteiger charge is -2.10. The number of nitrogens with one attached hydrogen (secondary N) is 1. The number of hydrogen-bond donors (Lipinski definition) is 1. The molecule has 0 saturated heterocycles. The van der Waals surface area contributed by atoms with E-state index in [0.717, 1.165) is 16.9 Å². The zero-order valence-electron chi connectivity index (χ0n) is 14.9. The summed E-state index contributed by atoms with van der Waals surface area (Å²) in [6.07, 6.45) is 0. The standard InChI is InChI=1S/C22H20ClNO3/c1-16-7-8-18(13-21(16)23)24-22(25)15-27-20-11-9-19(10-12-20)26-14-17-5-3-2-4-6-17/h2-13H,14-15H2,1H3,(H,24,25). The van der Waals surface area contributed by atoms with Crippen LogP contribution in [0.5, 0.6) is 11.5 Å². The van der Waals surface area contributed by atoms with E-state index in [0.29, 0.717) is 23.1 Å². The molecule has 5 heteroatoms. The summed E-state index contributed by atoms with van der Waals surface area (Å²) in [6.45, 7) is 2.32. The van der Waals surface area contributed by atoms with Gasteiger partial charge in [0, 0.05) is 10.7 Å². The SMILES string of the molecule is Cc1ccc(NC(=O)COc2ccc(OCc3ccccc3)cc2)cc1Cl. The molecule has 1 amide bonds. The summed E-state index contributed by atoms with van der Waals surface area (Å²) < 4.78 is 11.2. The van der Waals surface area contributed by atoms with Crippen molar-refractivity contribution in [3.8, 4) is 11.5 Å². The maximum atomic E-state index is 12.0. The molecule has 0 aliphatic rings. The van der Waals surface area contributed by atoms with Gasteiger partial charge in [-0.3, -0.25) is 4.79 Å². The van der Waals surface area contributed by atoms with Crippen LogP contribution in [0.1, 0.15) is 11.1 Å². The molecule has 0 saturated carbocycles. The third-order valence-electron chi connectivity index (χ3n) is 3.90. The molecule has 0 radical (unpaired) electrons. The lowest BCUT2D eigenvalue weighted by atomic mass is 10.2. The van der Waals surface area contributed by atoms with Gasteiger partial charge in [-0.15, -0.1) is 0 Å². The summed E-state index contributed by atoms with van der Waals surface area (Å²) in [6, 6.07) is 22.5. The van der Waals surface area contributed by atoms with Crippen LogP contribution in [-0.4, -0.2) is 12.5 Å². The average Bonchev–Trinajstić information content (AvgIpc) is 2.69. The molecule has 3 aromatic rings. The van der Waals surface area contributed by atoms with E-state index in [1.165, 1.54) is 0 Å². The van der Waals surface area contributed by atoms with Crippen LogP contribution in [0.4, 0.5) is 5.69 Å².